The van der Waals surface area contributed by atoms with Gasteiger partial charge in [0, 0.05) is 38.3 Å². The number of ether oxygens (including phenoxy) is 1. The topological polar surface area (TPSA) is 32.3 Å². The first kappa shape index (κ1) is 11.6. The molecule has 90 valence electrons. The van der Waals surface area contributed by atoms with Gasteiger partial charge in [0.15, 0.2) is 6.23 Å². The first-order valence-corrected chi connectivity index (χ1v) is 6.01. The van der Waals surface area contributed by atoms with Gasteiger partial charge >= 0.3 is 5.97 Å². The van der Waals surface area contributed by atoms with E-state index in [9.17, 15) is 4.79 Å². The summed E-state index contributed by atoms with van der Waals surface area (Å²) in [5, 5.41) is 0. The van der Waals surface area contributed by atoms with Gasteiger partial charge in [-0.05, 0) is 20.3 Å². The quantitative estimate of drug-likeness (QED) is 0.380. The summed E-state index contributed by atoms with van der Waals surface area (Å²) in [5.41, 5.74) is 0.732. The summed E-state index contributed by atoms with van der Waals surface area (Å²) in [5.74, 6) is -0.176. The van der Waals surface area contributed by atoms with Crippen molar-refractivity contribution in [3.8, 4) is 0 Å². The minimum atomic E-state index is -0.176. The second-order valence-electron chi connectivity index (χ2n) is 4.56. The number of carbonyl (C=O) groups excluding carboxylic acids is 1. The lowest BCUT2D eigenvalue weighted by Crippen LogP contribution is -2.23. The highest BCUT2D eigenvalue weighted by Gasteiger charge is 2.26. The number of rotatable bonds is 6. The van der Waals surface area contributed by atoms with Crippen molar-refractivity contribution in [1.29, 1.82) is 0 Å². The van der Waals surface area contributed by atoms with Gasteiger partial charge in [0.2, 0.25) is 0 Å². The first-order chi connectivity index (χ1) is 7.66. The molecule has 0 aromatic heterocycles. The van der Waals surface area contributed by atoms with Crippen molar-refractivity contribution in [2.75, 3.05) is 32.7 Å². The van der Waals surface area contributed by atoms with Crippen LogP contribution >= 0.6 is 0 Å². The maximum atomic E-state index is 11.6. The molecule has 0 N–H and O–H groups in total. The monoisotopic (exact) mass is 224 g/mol. The number of esters is 1. The van der Waals surface area contributed by atoms with Crippen molar-refractivity contribution in [2.45, 2.75) is 26.5 Å². The number of nitrogens with zero attached hydrogens (tertiary/aromatic N) is 2. The van der Waals surface area contributed by atoms with Gasteiger partial charge in [0.05, 0.1) is 0 Å². The van der Waals surface area contributed by atoms with Crippen LogP contribution < -0.4 is 0 Å². The summed E-state index contributed by atoms with van der Waals surface area (Å²) >= 11 is 0. The largest absolute Gasteiger partial charge is 0.443 e. The summed E-state index contributed by atoms with van der Waals surface area (Å²) in [6.07, 6.45) is 2.86. The van der Waals surface area contributed by atoms with Crippen molar-refractivity contribution < 1.29 is 9.53 Å². The van der Waals surface area contributed by atoms with E-state index in [0.717, 1.165) is 31.6 Å². The van der Waals surface area contributed by atoms with Gasteiger partial charge in [-0.25, -0.2) is 4.79 Å². The van der Waals surface area contributed by atoms with Crippen LogP contribution in [0, 0.1) is 0 Å². The van der Waals surface area contributed by atoms with E-state index in [-0.39, 0.29) is 12.2 Å². The Labute approximate surface area is 96.8 Å². The second-order valence-corrected chi connectivity index (χ2v) is 4.56. The Bertz CT molecular complexity index is 293. The van der Waals surface area contributed by atoms with Crippen LogP contribution in [0.3, 0.4) is 0 Å². The molecule has 1 unspecified atom stereocenters. The Balaban J connectivity index is 1.68. The maximum absolute atomic E-state index is 11.6. The number of hydrogen-bond acceptors (Lipinski definition) is 4. The predicted octanol–water partition coefficient (Wildman–Crippen LogP) is 0.843. The van der Waals surface area contributed by atoms with Crippen LogP contribution in [0.1, 0.15) is 20.3 Å². The molecule has 2 aliphatic heterocycles. The molecule has 4 heteroatoms. The third-order valence-corrected chi connectivity index (χ3v) is 3.03. The van der Waals surface area contributed by atoms with Crippen molar-refractivity contribution in [3.05, 3.63) is 11.6 Å². The molecule has 0 amide bonds. The molecule has 2 heterocycles. The Morgan fingerprint density at radius 3 is 2.62 bits per heavy atom. The van der Waals surface area contributed by atoms with Crippen LogP contribution in [-0.4, -0.2) is 54.7 Å². The zero-order valence-corrected chi connectivity index (χ0v) is 10.1. The van der Waals surface area contributed by atoms with Gasteiger partial charge in [-0.3, -0.25) is 4.90 Å². The minimum absolute atomic E-state index is 0.0666. The molecule has 1 atom stereocenters. The average molecular weight is 224 g/mol. The number of hydrogen-bond donors (Lipinski definition) is 0. The molecule has 2 rings (SSSR count). The predicted molar refractivity (Wildman–Crippen MR) is 61.9 cm³/mol. The lowest BCUT2D eigenvalue weighted by atomic mass is 10.2. The Morgan fingerprint density at radius 2 is 2.06 bits per heavy atom. The van der Waals surface area contributed by atoms with Crippen LogP contribution in [0.15, 0.2) is 11.6 Å². The average Bonchev–Trinajstić information content (AvgIpc) is 3.10. The van der Waals surface area contributed by atoms with Gasteiger partial charge < -0.3 is 9.64 Å². The van der Waals surface area contributed by atoms with Crippen LogP contribution in [-0.2, 0) is 9.53 Å². The molecule has 0 aromatic carbocycles. The van der Waals surface area contributed by atoms with Gasteiger partial charge in [-0.1, -0.05) is 6.08 Å². The third-order valence-electron chi connectivity index (χ3n) is 3.03. The summed E-state index contributed by atoms with van der Waals surface area (Å²) < 4.78 is 5.31. The van der Waals surface area contributed by atoms with Crippen molar-refractivity contribution in [2.24, 2.45) is 0 Å². The van der Waals surface area contributed by atoms with E-state index in [1.807, 2.05) is 19.9 Å². The molecule has 0 aliphatic carbocycles. The molecule has 16 heavy (non-hydrogen) atoms. The summed E-state index contributed by atoms with van der Waals surface area (Å²) in [7, 11) is 0. The fraction of sp³-hybridized carbons (Fsp3) is 0.750. The lowest BCUT2D eigenvalue weighted by molar-refractivity contribution is -0.148. The van der Waals surface area contributed by atoms with Gasteiger partial charge in [-0.2, -0.15) is 0 Å². The minimum Gasteiger partial charge on any atom is -0.443 e. The highest BCUT2D eigenvalue weighted by Crippen LogP contribution is 2.13. The maximum Gasteiger partial charge on any atom is 0.334 e. The van der Waals surface area contributed by atoms with E-state index in [1.54, 1.807) is 0 Å². The van der Waals surface area contributed by atoms with E-state index in [4.69, 9.17) is 4.74 Å². The van der Waals surface area contributed by atoms with E-state index in [2.05, 4.69) is 9.80 Å². The zero-order chi connectivity index (χ0) is 11.5. The fourth-order valence-electron chi connectivity index (χ4n) is 1.59. The third kappa shape index (κ3) is 3.61. The van der Waals surface area contributed by atoms with Crippen LogP contribution in [0.25, 0.3) is 0 Å². The Kier molecular flexibility index (Phi) is 3.61. The van der Waals surface area contributed by atoms with E-state index < -0.39 is 0 Å². The van der Waals surface area contributed by atoms with Crippen LogP contribution in [0.5, 0.6) is 0 Å². The lowest BCUT2D eigenvalue weighted by Gasteiger charge is -2.13. The fourth-order valence-corrected chi connectivity index (χ4v) is 1.59. The molecule has 0 aromatic rings. The molecule has 2 saturated heterocycles. The van der Waals surface area contributed by atoms with Crippen LogP contribution in [0.2, 0.25) is 0 Å². The molecule has 2 fully saturated rings. The van der Waals surface area contributed by atoms with Gasteiger partial charge in [0.1, 0.15) is 0 Å². The smallest absolute Gasteiger partial charge is 0.334 e. The van der Waals surface area contributed by atoms with E-state index in [0.29, 0.717) is 0 Å². The Morgan fingerprint density at radius 1 is 1.38 bits per heavy atom. The molecule has 0 bridgehead atoms. The summed E-state index contributed by atoms with van der Waals surface area (Å²) in [4.78, 5) is 16.1. The molecule has 4 nitrogen and oxygen atoms in total. The highest BCUT2D eigenvalue weighted by atomic mass is 16.6. The molecular formula is C12H20N2O2. The normalized spacial score (nSPS) is 23.0. The zero-order valence-electron chi connectivity index (χ0n) is 10.1. The first-order valence-electron chi connectivity index (χ1n) is 6.01. The summed E-state index contributed by atoms with van der Waals surface area (Å²) in [6, 6.07) is 0. The Hall–Kier alpha value is -0.870. The standard InChI is InChI=1S/C12H20N2O2/c1-10(4-3-5-13-6-7-13)12(15)16-11(2)14-8-9-14/h4,11H,3,5-9H2,1-2H3/b10-4+. The molecular weight excluding hydrogens is 204 g/mol. The SMILES string of the molecule is C/C(=C\CCN1CC1)C(=O)OC(C)N1CC1. The molecule has 0 radical (unpaired) electrons. The van der Waals surface area contributed by atoms with Crippen LogP contribution in [0.4, 0.5) is 0 Å². The molecule has 0 saturated carbocycles. The van der Waals surface area contributed by atoms with E-state index in [1.165, 1.54) is 13.1 Å². The number of carbonyl (C=O) groups is 1. The van der Waals surface area contributed by atoms with E-state index >= 15 is 0 Å². The van der Waals surface area contributed by atoms with Crippen molar-refractivity contribution >= 4 is 5.97 Å². The highest BCUT2D eigenvalue weighted by molar-refractivity contribution is 5.87. The summed E-state index contributed by atoms with van der Waals surface area (Å²) in [6.45, 7) is 9.34. The van der Waals surface area contributed by atoms with Gasteiger partial charge in [0.25, 0.3) is 0 Å². The second kappa shape index (κ2) is 4.97. The molecule has 2 aliphatic rings. The van der Waals surface area contributed by atoms with Gasteiger partial charge in [-0.15, -0.1) is 0 Å². The molecule has 0 spiro atoms. The van der Waals surface area contributed by atoms with Crippen molar-refractivity contribution in [1.82, 2.24) is 9.80 Å². The van der Waals surface area contributed by atoms with Crippen molar-refractivity contribution in [3.63, 3.8) is 0 Å².